The minimum Gasteiger partial charge on any atom is -0.485 e. The number of carbonyl (C=O) groups is 1. The van der Waals surface area contributed by atoms with E-state index in [0.29, 0.717) is 26.2 Å². The first kappa shape index (κ1) is 17.3. The van der Waals surface area contributed by atoms with Gasteiger partial charge < -0.3 is 20.1 Å². The van der Waals surface area contributed by atoms with Crippen molar-refractivity contribution in [1.82, 2.24) is 15.6 Å². The molecule has 1 amide bonds. The summed E-state index contributed by atoms with van der Waals surface area (Å²) in [4.78, 5) is 15.8. The van der Waals surface area contributed by atoms with Gasteiger partial charge in [0.2, 0.25) is 0 Å². The zero-order chi connectivity index (χ0) is 15.5. The Morgan fingerprint density at radius 1 is 1.38 bits per heavy atom. The molecule has 8 heteroatoms. The van der Waals surface area contributed by atoms with E-state index in [1.54, 1.807) is 7.11 Å². The molecule has 2 N–H and O–H groups in total. The molecule has 0 atom stereocenters. The van der Waals surface area contributed by atoms with Gasteiger partial charge >= 0.3 is 0 Å². The van der Waals surface area contributed by atoms with Crippen LogP contribution in [0.4, 0.5) is 8.78 Å². The number of amides is 1. The van der Waals surface area contributed by atoms with E-state index in [9.17, 15) is 13.6 Å². The van der Waals surface area contributed by atoms with Gasteiger partial charge in [0.1, 0.15) is 6.61 Å². The topological polar surface area (TPSA) is 72.5 Å². The number of carbonyl (C=O) groups excluding carboxylic acids is 1. The summed E-state index contributed by atoms with van der Waals surface area (Å²) in [5.74, 6) is -0.420. The highest BCUT2D eigenvalue weighted by Gasteiger charge is 2.14. The number of hydrogen-bond donors (Lipinski definition) is 2. The molecule has 0 radical (unpaired) electrons. The second kappa shape index (κ2) is 10.0. The first-order chi connectivity index (χ1) is 10.1. The second-order valence-electron chi connectivity index (χ2n) is 4.05. The molecule has 0 aliphatic heterocycles. The quantitative estimate of drug-likeness (QED) is 0.622. The molecule has 1 aromatic rings. The summed E-state index contributed by atoms with van der Waals surface area (Å²) >= 11 is 0. The van der Waals surface area contributed by atoms with E-state index < -0.39 is 18.9 Å². The average Bonchev–Trinajstić information content (AvgIpc) is 2.48. The molecule has 0 aromatic carbocycles. The van der Waals surface area contributed by atoms with Crippen molar-refractivity contribution in [2.75, 3.05) is 40.0 Å². The van der Waals surface area contributed by atoms with Crippen molar-refractivity contribution in [3.8, 4) is 5.75 Å². The van der Waals surface area contributed by atoms with Crippen LogP contribution in [0.5, 0.6) is 5.75 Å². The zero-order valence-electron chi connectivity index (χ0n) is 11.8. The molecule has 0 fully saturated rings. The highest BCUT2D eigenvalue weighted by atomic mass is 19.3. The van der Waals surface area contributed by atoms with Gasteiger partial charge in [-0.2, -0.15) is 0 Å². The molecule has 1 rings (SSSR count). The van der Waals surface area contributed by atoms with Gasteiger partial charge in [-0.3, -0.25) is 4.79 Å². The maximum absolute atomic E-state index is 12.1. The summed E-state index contributed by atoms with van der Waals surface area (Å²) in [6.07, 6.45) is -1.20. The number of hydrogen-bond acceptors (Lipinski definition) is 5. The zero-order valence-corrected chi connectivity index (χ0v) is 11.8. The Hall–Kier alpha value is -1.80. The van der Waals surface area contributed by atoms with Gasteiger partial charge in [-0.25, -0.2) is 13.8 Å². The highest BCUT2D eigenvalue weighted by Crippen LogP contribution is 2.15. The van der Waals surface area contributed by atoms with Gasteiger partial charge in [0.15, 0.2) is 11.4 Å². The van der Waals surface area contributed by atoms with Crippen molar-refractivity contribution in [2.45, 2.75) is 6.43 Å². The van der Waals surface area contributed by atoms with E-state index in [1.807, 2.05) is 0 Å². The van der Waals surface area contributed by atoms with Crippen LogP contribution in [-0.4, -0.2) is 57.3 Å². The number of aromatic nitrogens is 1. The summed E-state index contributed by atoms with van der Waals surface area (Å²) in [5.41, 5.74) is -0.00459. The van der Waals surface area contributed by atoms with Crippen LogP contribution in [0.25, 0.3) is 0 Å². The van der Waals surface area contributed by atoms with E-state index in [1.165, 1.54) is 18.3 Å². The molecule has 0 spiro atoms. The van der Waals surface area contributed by atoms with Crippen LogP contribution in [0, 0.1) is 0 Å². The first-order valence-corrected chi connectivity index (χ1v) is 6.49. The van der Waals surface area contributed by atoms with Gasteiger partial charge in [0.25, 0.3) is 12.3 Å². The molecule has 0 bridgehead atoms. The number of rotatable bonds is 10. The maximum atomic E-state index is 12.1. The van der Waals surface area contributed by atoms with Crippen molar-refractivity contribution in [3.63, 3.8) is 0 Å². The molecule has 0 aliphatic rings. The van der Waals surface area contributed by atoms with Crippen LogP contribution in [0.15, 0.2) is 18.3 Å². The van der Waals surface area contributed by atoms with Crippen LogP contribution in [0.2, 0.25) is 0 Å². The van der Waals surface area contributed by atoms with E-state index in [4.69, 9.17) is 9.47 Å². The Labute approximate surface area is 121 Å². The third-order valence-corrected chi connectivity index (χ3v) is 2.42. The van der Waals surface area contributed by atoms with Crippen LogP contribution in [0.1, 0.15) is 10.5 Å². The molecule has 118 valence electrons. The molecule has 0 unspecified atom stereocenters. The standard InChI is InChI=1S/C13H19F2N3O3/c1-20-8-7-16-5-6-18-13(19)12-10(3-2-4-17-12)21-9-11(14)15/h2-4,11,16H,5-9H2,1H3,(H,18,19). The second-order valence-corrected chi connectivity index (χ2v) is 4.05. The predicted octanol–water partition coefficient (Wildman–Crippen LogP) is 0.691. The molecule has 1 heterocycles. The number of nitrogens with one attached hydrogen (secondary N) is 2. The van der Waals surface area contributed by atoms with Gasteiger partial charge in [0, 0.05) is 32.9 Å². The van der Waals surface area contributed by atoms with Crippen molar-refractivity contribution >= 4 is 5.91 Å². The number of methoxy groups -OCH3 is 1. The molecule has 21 heavy (non-hydrogen) atoms. The Morgan fingerprint density at radius 3 is 2.90 bits per heavy atom. The van der Waals surface area contributed by atoms with Crippen molar-refractivity contribution in [3.05, 3.63) is 24.0 Å². The Kier molecular flexibility index (Phi) is 8.22. The van der Waals surface area contributed by atoms with E-state index in [2.05, 4.69) is 15.6 Å². The molecule has 0 saturated carbocycles. The fraction of sp³-hybridized carbons (Fsp3) is 0.538. The largest absolute Gasteiger partial charge is 0.485 e. The summed E-state index contributed by atoms with van der Waals surface area (Å²) in [5, 5.41) is 5.69. The minimum atomic E-state index is -2.61. The molecule has 1 aromatic heterocycles. The van der Waals surface area contributed by atoms with Gasteiger partial charge in [-0.15, -0.1) is 0 Å². The molecule has 0 saturated heterocycles. The summed E-state index contributed by atoms with van der Waals surface area (Å²) in [7, 11) is 1.60. The van der Waals surface area contributed by atoms with E-state index in [0.717, 1.165) is 0 Å². The summed E-state index contributed by atoms with van der Waals surface area (Å²) < 4.78 is 34.0. The lowest BCUT2D eigenvalue weighted by Gasteiger charge is -2.10. The number of ether oxygens (including phenoxy) is 2. The van der Waals surface area contributed by atoms with Crippen LogP contribution in [-0.2, 0) is 4.74 Å². The average molecular weight is 303 g/mol. The van der Waals surface area contributed by atoms with E-state index in [-0.39, 0.29) is 11.4 Å². The molecular formula is C13H19F2N3O3. The molecular weight excluding hydrogens is 284 g/mol. The summed E-state index contributed by atoms with van der Waals surface area (Å²) in [6, 6.07) is 2.95. The fourth-order valence-corrected chi connectivity index (χ4v) is 1.48. The van der Waals surface area contributed by atoms with Crippen LogP contribution in [0.3, 0.4) is 0 Å². The van der Waals surface area contributed by atoms with Crippen LogP contribution < -0.4 is 15.4 Å². The minimum absolute atomic E-state index is 0.00459. The number of pyridine rings is 1. The normalized spacial score (nSPS) is 10.7. The van der Waals surface area contributed by atoms with Crippen molar-refractivity contribution < 1.29 is 23.0 Å². The van der Waals surface area contributed by atoms with Crippen molar-refractivity contribution in [1.29, 1.82) is 0 Å². The van der Waals surface area contributed by atoms with Gasteiger partial charge in [-0.1, -0.05) is 0 Å². The fourth-order valence-electron chi connectivity index (χ4n) is 1.48. The smallest absolute Gasteiger partial charge is 0.273 e. The van der Waals surface area contributed by atoms with E-state index >= 15 is 0 Å². The monoisotopic (exact) mass is 303 g/mol. The van der Waals surface area contributed by atoms with Crippen LogP contribution >= 0.6 is 0 Å². The van der Waals surface area contributed by atoms with Crippen molar-refractivity contribution in [2.24, 2.45) is 0 Å². The lowest BCUT2D eigenvalue weighted by atomic mass is 10.3. The molecule has 6 nitrogen and oxygen atoms in total. The third-order valence-electron chi connectivity index (χ3n) is 2.42. The predicted molar refractivity (Wildman–Crippen MR) is 72.8 cm³/mol. The number of halogens is 2. The Morgan fingerprint density at radius 2 is 2.19 bits per heavy atom. The highest BCUT2D eigenvalue weighted by molar-refractivity contribution is 5.94. The van der Waals surface area contributed by atoms with Gasteiger partial charge in [0.05, 0.1) is 6.61 Å². The SMILES string of the molecule is COCCNCCNC(=O)c1ncccc1OCC(F)F. The lowest BCUT2D eigenvalue weighted by molar-refractivity contribution is 0.0791. The molecule has 0 aliphatic carbocycles. The Bertz CT molecular complexity index is 433. The lowest BCUT2D eigenvalue weighted by Crippen LogP contribution is -2.33. The number of alkyl halides is 2. The first-order valence-electron chi connectivity index (χ1n) is 6.49. The Balaban J connectivity index is 2.42. The number of nitrogens with zero attached hydrogens (tertiary/aromatic N) is 1. The third kappa shape index (κ3) is 6.96. The van der Waals surface area contributed by atoms with Gasteiger partial charge in [-0.05, 0) is 12.1 Å². The summed E-state index contributed by atoms with van der Waals surface area (Å²) in [6.45, 7) is 1.44. The maximum Gasteiger partial charge on any atom is 0.273 e.